The van der Waals surface area contributed by atoms with Crippen molar-refractivity contribution in [3.8, 4) is 11.1 Å². The number of aromatic nitrogens is 2. The van der Waals surface area contributed by atoms with Gasteiger partial charge in [-0.3, -0.25) is 14.2 Å². The topological polar surface area (TPSA) is 112 Å². The van der Waals surface area contributed by atoms with Crippen molar-refractivity contribution in [2.75, 3.05) is 31.8 Å². The first-order valence-corrected chi connectivity index (χ1v) is 14.0. The third-order valence-electron chi connectivity index (χ3n) is 8.09. The number of hydrogen-bond acceptors (Lipinski definition) is 7. The lowest BCUT2D eigenvalue weighted by molar-refractivity contribution is -0.167. The Morgan fingerprint density at radius 2 is 1.76 bits per heavy atom. The summed E-state index contributed by atoms with van der Waals surface area (Å²) in [6, 6.07) is 4.01. The molecule has 2 aromatic carbocycles. The Hall–Kier alpha value is -4.46. The van der Waals surface area contributed by atoms with Crippen LogP contribution in [0.2, 0.25) is 0 Å². The van der Waals surface area contributed by atoms with Crippen LogP contribution in [0, 0.1) is 26.6 Å². The van der Waals surface area contributed by atoms with Gasteiger partial charge in [0, 0.05) is 38.4 Å². The number of nitrogens with zero attached hydrogens (tertiary/aromatic N) is 3. The van der Waals surface area contributed by atoms with Crippen LogP contribution in [0.1, 0.15) is 32.7 Å². The third-order valence-corrected chi connectivity index (χ3v) is 8.09. The Morgan fingerprint density at radius 3 is 2.36 bits per heavy atom. The van der Waals surface area contributed by atoms with Crippen LogP contribution in [-0.2, 0) is 34.8 Å². The van der Waals surface area contributed by atoms with Crippen LogP contribution >= 0.6 is 0 Å². The Bertz CT molecular complexity index is 1740. The molecule has 2 heterocycles. The number of methoxy groups -OCH3 is 1. The number of carbonyl (C=O) groups is 2. The number of anilines is 1. The molecule has 1 aromatic heterocycles. The molecule has 0 unspecified atom stereocenters. The first kappa shape index (κ1) is 33.4. The summed E-state index contributed by atoms with van der Waals surface area (Å²) in [5, 5.41) is 2.49. The second kappa shape index (κ2) is 12.9. The van der Waals surface area contributed by atoms with Gasteiger partial charge in [0.05, 0.1) is 31.5 Å². The number of halogens is 4. The predicted molar refractivity (Wildman–Crippen MR) is 158 cm³/mol. The van der Waals surface area contributed by atoms with Crippen LogP contribution in [0.25, 0.3) is 11.1 Å². The molecular weight excluding hydrogens is 600 g/mol. The summed E-state index contributed by atoms with van der Waals surface area (Å²) in [6.07, 6.45) is -4.66. The molecule has 2 atom stereocenters. The lowest BCUT2D eigenvalue weighted by Crippen LogP contribution is -2.53. The van der Waals surface area contributed by atoms with Crippen molar-refractivity contribution in [2.24, 2.45) is 14.1 Å². The van der Waals surface area contributed by atoms with E-state index in [1.54, 1.807) is 39.1 Å². The highest BCUT2D eigenvalue weighted by atomic mass is 19.4. The predicted octanol–water partition coefficient (Wildman–Crippen LogP) is 3.10. The number of esters is 1. The number of benzene rings is 2. The monoisotopic (exact) mass is 634 g/mol. The van der Waals surface area contributed by atoms with E-state index in [4.69, 9.17) is 9.47 Å². The standard InChI is InChI=1S/C31H34F4N4O6/c1-16-11-19(7-8-21(16)26-18(3)37(4)30(43)38(5)28(26)41)13-23(29(42)44-6)36-27(40)25-17(2)12-20(14-22(25)32)39-9-10-45-15-24(39)31(33,34)35/h7-8,11-12,14,23-24H,9-10,13,15H2,1-6H3,(H,36,40)/t23-,24+/m0/s1. The van der Waals surface area contributed by atoms with Gasteiger partial charge in [-0.15, -0.1) is 0 Å². The van der Waals surface area contributed by atoms with Crippen LogP contribution < -0.4 is 21.5 Å². The number of carbonyl (C=O) groups excluding carboxylic acids is 2. The lowest BCUT2D eigenvalue weighted by Gasteiger charge is -2.38. The molecule has 3 aromatic rings. The number of amides is 1. The second-order valence-corrected chi connectivity index (χ2v) is 11.0. The quantitative estimate of drug-likeness (QED) is 0.314. The summed E-state index contributed by atoms with van der Waals surface area (Å²) >= 11 is 0. The summed E-state index contributed by atoms with van der Waals surface area (Å²) < 4.78 is 68.3. The summed E-state index contributed by atoms with van der Waals surface area (Å²) in [6.45, 7) is 4.12. The number of ether oxygens (including phenoxy) is 2. The molecule has 14 heteroatoms. The molecule has 0 aliphatic carbocycles. The average Bonchev–Trinajstić information content (AvgIpc) is 2.98. The van der Waals surface area contributed by atoms with E-state index in [1.165, 1.54) is 24.6 Å². The molecule has 1 N–H and O–H groups in total. The minimum Gasteiger partial charge on any atom is -0.467 e. The third kappa shape index (κ3) is 6.65. The summed E-state index contributed by atoms with van der Waals surface area (Å²) in [7, 11) is 4.09. The van der Waals surface area contributed by atoms with Gasteiger partial charge in [0.2, 0.25) is 0 Å². The number of rotatable bonds is 7. The van der Waals surface area contributed by atoms with Gasteiger partial charge in [-0.1, -0.05) is 18.2 Å². The van der Waals surface area contributed by atoms with Gasteiger partial charge in [-0.2, -0.15) is 13.2 Å². The molecule has 1 fully saturated rings. The molecule has 45 heavy (non-hydrogen) atoms. The first-order valence-electron chi connectivity index (χ1n) is 14.0. The zero-order valence-electron chi connectivity index (χ0n) is 25.7. The van der Waals surface area contributed by atoms with Crippen molar-refractivity contribution in [2.45, 2.75) is 45.5 Å². The van der Waals surface area contributed by atoms with E-state index in [9.17, 15) is 32.3 Å². The minimum atomic E-state index is -4.61. The molecule has 1 amide bonds. The van der Waals surface area contributed by atoms with E-state index in [1.807, 2.05) is 0 Å². The maximum absolute atomic E-state index is 15.3. The van der Waals surface area contributed by atoms with Crippen LogP contribution in [0.4, 0.5) is 23.2 Å². The molecule has 10 nitrogen and oxygen atoms in total. The van der Waals surface area contributed by atoms with Crippen molar-refractivity contribution >= 4 is 17.6 Å². The van der Waals surface area contributed by atoms with Gasteiger partial charge >= 0.3 is 17.8 Å². The average molecular weight is 635 g/mol. The van der Waals surface area contributed by atoms with E-state index in [-0.39, 0.29) is 30.8 Å². The van der Waals surface area contributed by atoms with Gasteiger partial charge in [0.1, 0.15) is 17.9 Å². The molecule has 0 spiro atoms. The van der Waals surface area contributed by atoms with Crippen molar-refractivity contribution in [1.29, 1.82) is 0 Å². The molecule has 4 rings (SSSR count). The van der Waals surface area contributed by atoms with Crippen LogP contribution in [-0.4, -0.2) is 66.1 Å². The molecule has 0 saturated carbocycles. The fourth-order valence-corrected chi connectivity index (χ4v) is 5.55. The first-order chi connectivity index (χ1) is 21.1. The van der Waals surface area contributed by atoms with Crippen LogP contribution in [0.15, 0.2) is 39.9 Å². The Kier molecular flexibility index (Phi) is 9.57. The number of nitrogens with one attached hydrogen (secondary N) is 1. The molecule has 1 aliphatic rings. The van der Waals surface area contributed by atoms with Gasteiger partial charge < -0.3 is 24.3 Å². The van der Waals surface area contributed by atoms with Gasteiger partial charge in [0.25, 0.3) is 11.5 Å². The number of aryl methyl sites for hydroxylation is 2. The van der Waals surface area contributed by atoms with Crippen molar-refractivity contribution in [3.63, 3.8) is 0 Å². The zero-order chi connectivity index (χ0) is 33.4. The Morgan fingerprint density at radius 1 is 1.07 bits per heavy atom. The number of hydrogen-bond donors (Lipinski definition) is 1. The van der Waals surface area contributed by atoms with Gasteiger partial charge in [-0.25, -0.2) is 14.0 Å². The Labute approximate surface area is 256 Å². The summed E-state index contributed by atoms with van der Waals surface area (Å²) in [5.74, 6) is -2.80. The molecule has 1 aliphatic heterocycles. The Balaban J connectivity index is 1.60. The van der Waals surface area contributed by atoms with Crippen molar-refractivity contribution in [1.82, 2.24) is 14.5 Å². The largest absolute Gasteiger partial charge is 0.467 e. The van der Waals surface area contributed by atoms with Gasteiger partial charge in [0.15, 0.2) is 0 Å². The van der Waals surface area contributed by atoms with Crippen molar-refractivity contribution in [3.05, 3.63) is 84.9 Å². The highest BCUT2D eigenvalue weighted by Crippen LogP contribution is 2.33. The van der Waals surface area contributed by atoms with E-state index >= 15 is 4.39 Å². The smallest absolute Gasteiger partial charge is 0.411 e. The minimum absolute atomic E-state index is 0.0258. The summed E-state index contributed by atoms with van der Waals surface area (Å²) in [4.78, 5) is 52.2. The van der Waals surface area contributed by atoms with E-state index in [0.717, 1.165) is 22.6 Å². The highest BCUT2D eigenvalue weighted by Gasteiger charge is 2.45. The second-order valence-electron chi connectivity index (χ2n) is 11.0. The maximum atomic E-state index is 15.3. The SMILES string of the molecule is COC(=O)[C@H](Cc1ccc(-c2c(C)n(C)c(=O)n(C)c2=O)c(C)c1)NC(=O)c1c(C)cc(N2CCOC[C@@H]2C(F)(F)F)cc1F. The zero-order valence-corrected chi connectivity index (χ0v) is 25.7. The molecule has 0 radical (unpaired) electrons. The fraction of sp³-hybridized carbons (Fsp3) is 0.419. The highest BCUT2D eigenvalue weighted by molar-refractivity contribution is 5.98. The maximum Gasteiger partial charge on any atom is 0.411 e. The molecule has 0 bridgehead atoms. The van der Waals surface area contributed by atoms with Crippen LogP contribution in [0.3, 0.4) is 0 Å². The normalized spacial score (nSPS) is 16.0. The molecule has 1 saturated heterocycles. The van der Waals surface area contributed by atoms with E-state index < -0.39 is 59.4 Å². The van der Waals surface area contributed by atoms with Gasteiger partial charge in [-0.05, 0) is 55.2 Å². The van der Waals surface area contributed by atoms with E-state index in [2.05, 4.69) is 5.32 Å². The number of morpholine rings is 1. The van der Waals surface area contributed by atoms with Crippen LogP contribution in [0.5, 0.6) is 0 Å². The lowest BCUT2D eigenvalue weighted by atomic mass is 9.95. The molecular formula is C31H34F4N4O6. The fourth-order valence-electron chi connectivity index (χ4n) is 5.55. The summed E-state index contributed by atoms with van der Waals surface area (Å²) in [5.41, 5.74) is 1.34. The number of alkyl halides is 3. The molecule has 242 valence electrons. The van der Waals surface area contributed by atoms with E-state index in [0.29, 0.717) is 27.9 Å². The van der Waals surface area contributed by atoms with Crippen molar-refractivity contribution < 1.29 is 36.6 Å².